The van der Waals surface area contributed by atoms with Crippen LogP contribution in [0.15, 0.2) is 283 Å². The number of nitrogens with one attached hydrogen (secondary N) is 1. The molecular weight excluding hydrogens is 1930 g/mol. The third-order valence-corrected chi connectivity index (χ3v) is 31.8. The molecule has 6 N–H and O–H groups in total. The van der Waals surface area contributed by atoms with Crippen LogP contribution in [0, 0.1) is 54.1 Å². The average molecular weight is 2060 g/mol. The third-order valence-electron chi connectivity index (χ3n) is 31.8. The Bertz CT molecular complexity index is 6580. The fourth-order valence-corrected chi connectivity index (χ4v) is 24.9. The van der Waals surface area contributed by atoms with Crippen molar-refractivity contribution < 1.29 is 127 Å². The van der Waals surface area contributed by atoms with Gasteiger partial charge >= 0.3 is 65.4 Å². The molecule has 18 rings (SSSR count). The summed E-state index contributed by atoms with van der Waals surface area (Å²) in [5, 5.41) is 37.7. The van der Waals surface area contributed by atoms with Crippen LogP contribution < -0.4 is 39.6 Å². The monoisotopic (exact) mass is 2060 g/mol. The van der Waals surface area contributed by atoms with Crippen LogP contribution in [0.25, 0.3) is 27.9 Å². The molecule has 8 aromatic carbocycles. The maximum atomic E-state index is 14.1. The molecule has 0 aromatic heterocycles. The van der Waals surface area contributed by atoms with Crippen molar-refractivity contribution >= 4 is 106 Å². The van der Waals surface area contributed by atoms with Crippen LogP contribution in [0.1, 0.15) is 267 Å². The van der Waals surface area contributed by atoms with E-state index < -0.39 is 17.9 Å². The van der Waals surface area contributed by atoms with Crippen molar-refractivity contribution in [1.82, 2.24) is 24.9 Å². The van der Waals surface area contributed by atoms with Gasteiger partial charge in [-0.2, -0.15) is 0 Å². The summed E-state index contributed by atoms with van der Waals surface area (Å²) in [6, 6.07) is 57.0. The van der Waals surface area contributed by atoms with Crippen LogP contribution in [0.5, 0.6) is 5.75 Å². The zero-order chi connectivity index (χ0) is 107. The number of benzene rings is 8. The van der Waals surface area contributed by atoms with Crippen molar-refractivity contribution in [3.8, 4) is 5.75 Å². The summed E-state index contributed by atoms with van der Waals surface area (Å²) in [5.74, 6) is -4.08. The number of hydrogen-bond donors (Lipinski definition) is 5. The molecule has 782 valence electrons. The maximum Gasteiger partial charge on any atom is 1.00 e. The first-order valence-corrected chi connectivity index (χ1v) is 49.9. The summed E-state index contributed by atoms with van der Waals surface area (Å²) >= 11 is 0. The zero-order valence-corrected chi connectivity index (χ0v) is 92.3. The van der Waals surface area contributed by atoms with E-state index in [1.54, 1.807) is 78.9 Å². The SMILES string of the molecule is CC1(C)C(c2ccc(C(=O)O)cc2)=CC[C@]2(C)CN(C(=O)c3cccc(C(=O)N4CC=C5C(C)(C)C(c6ccc(C(=O)O)cc6)=CC[C@]5(C)C4)c3)CC=C12.CO.COC(=O)c1ccc(C2=CC[C@]3(C)CN(C(=O)c4cccc(C(=O)N5CC=C6C(C)(C)C(c7ccc(C(=O)OC)cc7)=CC[C@]6(C)C5)c4)CC=C3C2(C)C)cc1.COC(=O)c1ccc(C2=CC[C@]3(C)CNCC=C3C2(C)C)cc1.Cl.O=COc1cccc(C(=O)O)c1.[Na+].[OH-]. The molecule has 8 aromatic rings. The fourth-order valence-electron chi connectivity index (χ4n) is 24.9. The van der Waals surface area contributed by atoms with Crippen molar-refractivity contribution in [3.05, 3.63) is 366 Å². The minimum Gasteiger partial charge on any atom is -0.870 e. The van der Waals surface area contributed by atoms with E-state index in [1.165, 1.54) is 95.7 Å². The van der Waals surface area contributed by atoms with Crippen LogP contribution in [-0.4, -0.2) is 205 Å². The smallest absolute Gasteiger partial charge is 0.870 e. The summed E-state index contributed by atoms with van der Waals surface area (Å²) in [6.07, 6.45) is 26.7. The number of halogens is 1. The standard InChI is InChI=1S/C48H52N2O6.C46H48N2O6.C20H25NO2.C8H6O4.CH4O.ClH.Na.H2O/c1-45(2)37(31-12-16-33(17-13-31)43(53)55-7)20-24-47(5)29-49(26-22-39(45)47)41(51)35-10-9-11-36(28-35)42(52)50-27-23-40-46(3,4)38(21-25-48(40,6)30-50)32-14-18-34(19-15-32)44(54)56-8;1-43(2)35(29-10-14-31(15-11-29)41(51)52)18-22-45(5)27-47(24-20-37(43)45)39(49)33-8-7-9-34(26-33)40(50)48-25-21-38-44(3,4)36(19-23-46(38,6)28-48)30-12-16-32(17-13-30)42(53)54;1-19(2)16(9-11-20(3)13-21-12-10-17(19)20)14-5-7-15(8-6-14)18(22)23-4;9-5-12-7-3-1-2-6(4-7)8(10)11;1-2;;;/h9-23,28H,24-27,29-30H2,1-8H3;7-21,26H,22-25,27-28H2,1-6H3,(H,51,52)(H,53,54);5-10,21H,11-13H2,1-4H3;1-5H,(H,10,11);2H,1H3;1H;;1H2/q;;;;;;+1;/p-1/t47-,48-;45-,46-;20-;;;;;/m111...../s1. The van der Waals surface area contributed by atoms with Gasteiger partial charge in [-0.15, -0.1) is 12.4 Å². The van der Waals surface area contributed by atoms with E-state index in [0.717, 1.165) is 85.7 Å². The largest absolute Gasteiger partial charge is 1.00 e. The maximum absolute atomic E-state index is 14.1. The summed E-state index contributed by atoms with van der Waals surface area (Å²) in [5.41, 5.74) is 20.3. The number of carbonyl (C=O) groups is 11. The van der Waals surface area contributed by atoms with Gasteiger partial charge in [-0.25, -0.2) is 28.8 Å². The second-order valence-corrected chi connectivity index (χ2v) is 43.7. The molecule has 10 aliphatic rings. The molecule has 0 fully saturated rings. The number of allylic oxidation sites excluding steroid dienone is 10. The molecule has 4 amide bonds. The Morgan fingerprint density at radius 3 is 0.767 bits per heavy atom. The number of ether oxygens (including phenoxy) is 4. The summed E-state index contributed by atoms with van der Waals surface area (Å²) in [6.45, 7) is 39.9. The predicted octanol–water partition coefficient (Wildman–Crippen LogP) is 19.6. The topological polar surface area (TPSA) is 361 Å². The number of hydrogen-bond acceptors (Lipinski definition) is 18. The molecule has 5 atom stereocenters. The number of fused-ring (bicyclic) bond motifs is 5. The van der Waals surface area contributed by atoms with Crippen LogP contribution in [0.4, 0.5) is 0 Å². The fraction of sp³-hybridized carbons (Fsp3) is 0.358. The molecular formula is C123H137ClN5NaO20. The molecule has 5 aliphatic carbocycles. The molecule has 5 aliphatic heterocycles. The molecule has 0 saturated carbocycles. The van der Waals surface area contributed by atoms with E-state index in [2.05, 4.69) is 175 Å². The Morgan fingerprint density at radius 1 is 0.300 bits per heavy atom. The number of carboxylic acid groups (broad SMARTS) is 3. The molecule has 0 spiro atoms. The Hall–Kier alpha value is -13.5. The van der Waals surface area contributed by atoms with Gasteiger partial charge in [0.25, 0.3) is 30.1 Å². The molecule has 0 bridgehead atoms. The first kappa shape index (κ1) is 117. The number of amides is 4. The molecule has 0 radical (unpaired) electrons. The van der Waals surface area contributed by atoms with Gasteiger partial charge in [0.1, 0.15) is 5.75 Å². The predicted molar refractivity (Wildman–Crippen MR) is 580 cm³/mol. The normalized spacial score (nSPS) is 22.3. The van der Waals surface area contributed by atoms with Gasteiger partial charge in [0.05, 0.1) is 54.7 Å². The third kappa shape index (κ3) is 23.5. The molecule has 0 unspecified atom stereocenters. The van der Waals surface area contributed by atoms with Crippen molar-refractivity contribution in [1.29, 1.82) is 0 Å². The van der Waals surface area contributed by atoms with E-state index >= 15 is 0 Å². The second kappa shape index (κ2) is 46.5. The van der Waals surface area contributed by atoms with E-state index in [9.17, 15) is 63.0 Å². The number of carboxylic acids is 3. The number of aliphatic hydroxyl groups is 1. The summed E-state index contributed by atoms with van der Waals surface area (Å²) in [7, 11) is 5.18. The van der Waals surface area contributed by atoms with Gasteiger partial charge < -0.3 is 69.8 Å². The average Bonchev–Trinajstić information content (AvgIpc) is 0.739. The van der Waals surface area contributed by atoms with Gasteiger partial charge in [-0.1, -0.05) is 271 Å². The van der Waals surface area contributed by atoms with E-state index in [-0.39, 0.29) is 172 Å². The Balaban J connectivity index is 0.000000210. The van der Waals surface area contributed by atoms with E-state index in [1.807, 2.05) is 111 Å². The minimum absolute atomic E-state index is 0. The van der Waals surface area contributed by atoms with Crippen LogP contribution >= 0.6 is 12.4 Å². The number of rotatable bonds is 17. The van der Waals surface area contributed by atoms with Crippen molar-refractivity contribution in [2.45, 2.75) is 136 Å². The molecule has 0 saturated heterocycles. The molecule has 25 nitrogen and oxygen atoms in total. The Labute approximate surface area is 907 Å². The first-order valence-electron chi connectivity index (χ1n) is 49.9. The summed E-state index contributed by atoms with van der Waals surface area (Å²) in [4.78, 5) is 143. The number of esters is 3. The molecule has 5 heterocycles. The van der Waals surface area contributed by atoms with Crippen molar-refractivity contribution in [3.63, 3.8) is 0 Å². The first-order chi connectivity index (χ1) is 69.6. The second-order valence-electron chi connectivity index (χ2n) is 43.7. The van der Waals surface area contributed by atoms with Gasteiger partial charge in [0, 0.05) is 149 Å². The molecule has 150 heavy (non-hydrogen) atoms. The van der Waals surface area contributed by atoms with Crippen molar-refractivity contribution in [2.24, 2.45) is 54.1 Å². The number of methoxy groups -OCH3 is 3. The van der Waals surface area contributed by atoms with Crippen LogP contribution in [-0.2, 0) is 19.0 Å². The van der Waals surface area contributed by atoms with E-state index in [4.69, 9.17) is 24.4 Å². The Kier molecular flexibility index (Phi) is 36.2. The Morgan fingerprint density at radius 2 is 0.527 bits per heavy atom. The van der Waals surface area contributed by atoms with E-state index in [0.29, 0.717) is 91.3 Å². The van der Waals surface area contributed by atoms with Gasteiger partial charge in [-0.3, -0.25) is 24.0 Å². The van der Waals surface area contributed by atoms with Crippen LogP contribution in [0.2, 0.25) is 0 Å². The van der Waals surface area contributed by atoms with Crippen LogP contribution in [0.3, 0.4) is 0 Å². The zero-order valence-electron chi connectivity index (χ0n) is 89.5. The minimum atomic E-state index is -1.05. The van der Waals surface area contributed by atoms with Crippen molar-refractivity contribution in [2.75, 3.05) is 93.9 Å². The number of nitrogens with zero attached hydrogens (tertiary/aromatic N) is 4. The van der Waals surface area contributed by atoms with Gasteiger partial charge in [0.2, 0.25) is 0 Å². The van der Waals surface area contributed by atoms with Gasteiger partial charge in [-0.05, 0) is 203 Å². The number of aromatic carboxylic acids is 3. The van der Waals surface area contributed by atoms with Gasteiger partial charge in [0.15, 0.2) is 0 Å². The quantitative estimate of drug-likeness (QED) is 0.0186. The number of carbonyl (C=O) groups excluding carboxylic acids is 8. The number of aliphatic hydroxyl groups excluding tert-OH is 1. The molecule has 27 heteroatoms. The summed E-state index contributed by atoms with van der Waals surface area (Å²) < 4.78 is 19.0.